The highest BCUT2D eigenvalue weighted by atomic mass is 16.4. The molecule has 0 bridgehead atoms. The highest BCUT2D eigenvalue weighted by Gasteiger charge is 2.33. The number of carbonyl (C=O) groups is 2. The van der Waals surface area contributed by atoms with Gasteiger partial charge < -0.3 is 10.0 Å². The molecule has 1 fully saturated rings. The molecule has 0 unspecified atom stereocenters. The van der Waals surface area contributed by atoms with Crippen molar-refractivity contribution in [2.24, 2.45) is 0 Å². The number of rotatable bonds is 5. The van der Waals surface area contributed by atoms with Crippen LogP contribution in [-0.2, 0) is 4.79 Å². The maximum atomic E-state index is 12.0. The number of hydrogen-bond donors (Lipinski definition) is 2. The van der Waals surface area contributed by atoms with E-state index in [0.717, 1.165) is 12.8 Å². The Morgan fingerprint density at radius 1 is 1.56 bits per heavy atom. The first-order valence-electron chi connectivity index (χ1n) is 5.20. The second kappa shape index (κ2) is 4.34. The van der Waals surface area contributed by atoms with Gasteiger partial charge in [-0.05, 0) is 12.8 Å². The molecule has 2 rings (SSSR count). The first-order chi connectivity index (χ1) is 7.68. The van der Waals surface area contributed by atoms with Crippen LogP contribution in [0.4, 0.5) is 0 Å². The van der Waals surface area contributed by atoms with Crippen molar-refractivity contribution < 1.29 is 14.7 Å². The lowest BCUT2D eigenvalue weighted by Crippen LogP contribution is -2.34. The molecular formula is C10H13N3O3. The smallest absolute Gasteiger partial charge is 0.305 e. The molecule has 16 heavy (non-hydrogen) atoms. The molecule has 1 aliphatic carbocycles. The molecule has 0 saturated heterocycles. The van der Waals surface area contributed by atoms with E-state index in [0.29, 0.717) is 5.56 Å². The van der Waals surface area contributed by atoms with Crippen LogP contribution in [0.2, 0.25) is 0 Å². The molecule has 6 nitrogen and oxygen atoms in total. The summed E-state index contributed by atoms with van der Waals surface area (Å²) in [7, 11) is 0. The summed E-state index contributed by atoms with van der Waals surface area (Å²) in [6.45, 7) is 0.268. The van der Waals surface area contributed by atoms with E-state index in [2.05, 4.69) is 10.2 Å². The number of nitrogens with one attached hydrogen (secondary N) is 1. The molecule has 1 heterocycles. The van der Waals surface area contributed by atoms with Crippen molar-refractivity contribution in [3.63, 3.8) is 0 Å². The summed E-state index contributed by atoms with van der Waals surface area (Å²) in [5, 5.41) is 14.9. The van der Waals surface area contributed by atoms with Gasteiger partial charge >= 0.3 is 5.97 Å². The summed E-state index contributed by atoms with van der Waals surface area (Å²) >= 11 is 0. The number of hydrogen-bond acceptors (Lipinski definition) is 3. The van der Waals surface area contributed by atoms with Gasteiger partial charge in [-0.3, -0.25) is 14.7 Å². The number of amides is 1. The molecule has 1 aromatic rings. The van der Waals surface area contributed by atoms with E-state index in [1.165, 1.54) is 12.4 Å². The highest BCUT2D eigenvalue weighted by molar-refractivity contribution is 5.94. The van der Waals surface area contributed by atoms with E-state index in [4.69, 9.17) is 5.11 Å². The van der Waals surface area contributed by atoms with Crippen LogP contribution in [0.15, 0.2) is 12.4 Å². The number of carboxylic acid groups (broad SMARTS) is 1. The van der Waals surface area contributed by atoms with Gasteiger partial charge in [-0.15, -0.1) is 0 Å². The molecule has 2 N–H and O–H groups in total. The van der Waals surface area contributed by atoms with Crippen LogP contribution in [0.5, 0.6) is 0 Å². The fourth-order valence-corrected chi connectivity index (χ4v) is 1.59. The fraction of sp³-hybridized carbons (Fsp3) is 0.500. The van der Waals surface area contributed by atoms with Gasteiger partial charge in [-0.25, -0.2) is 0 Å². The third-order valence-electron chi connectivity index (χ3n) is 2.56. The lowest BCUT2D eigenvalue weighted by atomic mass is 10.2. The molecule has 1 saturated carbocycles. The Morgan fingerprint density at radius 3 is 2.81 bits per heavy atom. The molecular weight excluding hydrogens is 210 g/mol. The zero-order chi connectivity index (χ0) is 11.5. The third-order valence-corrected chi connectivity index (χ3v) is 2.56. The maximum Gasteiger partial charge on any atom is 0.305 e. The minimum atomic E-state index is -0.884. The van der Waals surface area contributed by atoms with Gasteiger partial charge in [0.25, 0.3) is 5.91 Å². The van der Waals surface area contributed by atoms with E-state index in [1.54, 1.807) is 4.90 Å². The van der Waals surface area contributed by atoms with Crippen molar-refractivity contribution in [2.75, 3.05) is 6.54 Å². The van der Waals surface area contributed by atoms with Crippen LogP contribution in [0.3, 0.4) is 0 Å². The largest absolute Gasteiger partial charge is 0.481 e. The Hall–Kier alpha value is -1.85. The van der Waals surface area contributed by atoms with Gasteiger partial charge in [-0.1, -0.05) is 0 Å². The van der Waals surface area contributed by atoms with Gasteiger partial charge in [0.15, 0.2) is 0 Å². The quantitative estimate of drug-likeness (QED) is 0.760. The van der Waals surface area contributed by atoms with Crippen LogP contribution >= 0.6 is 0 Å². The summed E-state index contributed by atoms with van der Waals surface area (Å²) in [5.41, 5.74) is 0.484. The van der Waals surface area contributed by atoms with Gasteiger partial charge in [0.05, 0.1) is 18.2 Å². The molecule has 0 spiro atoms. The number of carboxylic acids is 1. The monoisotopic (exact) mass is 223 g/mol. The summed E-state index contributed by atoms with van der Waals surface area (Å²) in [4.78, 5) is 24.1. The Morgan fingerprint density at radius 2 is 2.31 bits per heavy atom. The van der Waals surface area contributed by atoms with E-state index in [-0.39, 0.29) is 24.9 Å². The van der Waals surface area contributed by atoms with Crippen LogP contribution in [0.25, 0.3) is 0 Å². The SMILES string of the molecule is O=C(O)CCN(C(=O)c1cn[nH]c1)C1CC1. The van der Waals surface area contributed by atoms with E-state index in [9.17, 15) is 9.59 Å². The first-order valence-corrected chi connectivity index (χ1v) is 5.20. The molecule has 86 valence electrons. The van der Waals surface area contributed by atoms with E-state index in [1.807, 2.05) is 0 Å². The van der Waals surface area contributed by atoms with Crippen LogP contribution in [0.1, 0.15) is 29.6 Å². The lowest BCUT2D eigenvalue weighted by Gasteiger charge is -2.20. The molecule has 1 aliphatic rings. The summed E-state index contributed by atoms with van der Waals surface area (Å²) in [6.07, 6.45) is 4.89. The minimum Gasteiger partial charge on any atom is -0.481 e. The number of carbonyl (C=O) groups excluding carboxylic acids is 1. The van der Waals surface area contributed by atoms with Gasteiger partial charge in [0.2, 0.25) is 0 Å². The predicted octanol–water partition coefficient (Wildman–Crippen LogP) is 0.489. The summed E-state index contributed by atoms with van der Waals surface area (Å²) in [6, 6.07) is 0.210. The Labute approximate surface area is 92.3 Å². The fourth-order valence-electron chi connectivity index (χ4n) is 1.59. The van der Waals surface area contributed by atoms with Crippen molar-refractivity contribution in [1.82, 2.24) is 15.1 Å². The normalized spacial score (nSPS) is 14.8. The average molecular weight is 223 g/mol. The topological polar surface area (TPSA) is 86.3 Å². The minimum absolute atomic E-state index is 0.0138. The molecule has 0 aromatic carbocycles. The van der Waals surface area contributed by atoms with Crippen LogP contribution in [0, 0.1) is 0 Å². The Bertz CT molecular complexity index is 384. The molecule has 0 aliphatic heterocycles. The predicted molar refractivity (Wildman–Crippen MR) is 54.9 cm³/mol. The second-order valence-electron chi connectivity index (χ2n) is 3.86. The zero-order valence-electron chi connectivity index (χ0n) is 8.72. The van der Waals surface area contributed by atoms with Crippen molar-refractivity contribution in [3.05, 3.63) is 18.0 Å². The Balaban J connectivity index is 2.01. The number of aromatic amines is 1. The number of H-pyrrole nitrogens is 1. The zero-order valence-corrected chi connectivity index (χ0v) is 8.72. The van der Waals surface area contributed by atoms with Crippen LogP contribution in [-0.4, -0.2) is 44.7 Å². The average Bonchev–Trinajstić information content (AvgIpc) is 2.93. The lowest BCUT2D eigenvalue weighted by molar-refractivity contribution is -0.137. The molecule has 1 amide bonds. The standard InChI is InChI=1S/C10H13N3O3/c14-9(15)3-4-13(8-1-2-8)10(16)7-5-11-12-6-7/h5-6,8H,1-4H2,(H,11,12)(H,14,15). The van der Waals surface area contributed by atoms with Crippen LogP contribution < -0.4 is 0 Å². The van der Waals surface area contributed by atoms with E-state index >= 15 is 0 Å². The number of nitrogens with zero attached hydrogens (tertiary/aromatic N) is 2. The van der Waals surface area contributed by atoms with Crippen molar-refractivity contribution in [1.29, 1.82) is 0 Å². The van der Waals surface area contributed by atoms with Gasteiger partial charge in [-0.2, -0.15) is 5.10 Å². The number of aromatic nitrogens is 2. The third kappa shape index (κ3) is 2.39. The highest BCUT2D eigenvalue weighted by Crippen LogP contribution is 2.28. The summed E-state index contributed by atoms with van der Waals surface area (Å²) < 4.78 is 0. The second-order valence-corrected chi connectivity index (χ2v) is 3.86. The molecule has 1 aromatic heterocycles. The molecule has 0 radical (unpaired) electrons. The first kappa shape index (κ1) is 10.7. The van der Waals surface area contributed by atoms with Gasteiger partial charge in [0, 0.05) is 18.8 Å². The Kier molecular flexibility index (Phi) is 2.89. The van der Waals surface area contributed by atoms with Gasteiger partial charge in [0.1, 0.15) is 0 Å². The molecule has 6 heteroatoms. The van der Waals surface area contributed by atoms with Crippen molar-refractivity contribution >= 4 is 11.9 Å². The molecule has 0 atom stereocenters. The van der Waals surface area contributed by atoms with E-state index < -0.39 is 5.97 Å². The summed E-state index contributed by atoms with van der Waals surface area (Å²) in [5.74, 6) is -1.02. The van der Waals surface area contributed by atoms with Crippen molar-refractivity contribution in [3.8, 4) is 0 Å². The van der Waals surface area contributed by atoms with Crippen molar-refractivity contribution in [2.45, 2.75) is 25.3 Å². The maximum absolute atomic E-state index is 12.0. The number of aliphatic carboxylic acids is 1.